The average molecular weight is 301 g/mol. The minimum absolute atomic E-state index is 0.213. The molecule has 0 saturated carbocycles. The van der Waals surface area contributed by atoms with E-state index in [1.54, 1.807) is 0 Å². The van der Waals surface area contributed by atoms with Gasteiger partial charge in [0.15, 0.2) is 0 Å². The van der Waals surface area contributed by atoms with E-state index in [-0.39, 0.29) is 5.91 Å². The van der Waals surface area contributed by atoms with Crippen LogP contribution in [0, 0.1) is 0 Å². The zero-order valence-corrected chi connectivity index (χ0v) is 12.7. The summed E-state index contributed by atoms with van der Waals surface area (Å²) >= 11 is 1.52. The predicted octanol–water partition coefficient (Wildman–Crippen LogP) is 1.95. The topological polar surface area (TPSA) is 58.4 Å². The number of hydrogen-bond acceptors (Lipinski definition) is 4. The molecule has 3 N–H and O–H groups in total. The van der Waals surface area contributed by atoms with E-state index in [1.807, 2.05) is 12.1 Å². The van der Waals surface area contributed by atoms with Crippen molar-refractivity contribution in [2.75, 3.05) is 13.1 Å². The molecule has 2 aromatic rings. The van der Waals surface area contributed by atoms with Crippen LogP contribution in [0.3, 0.4) is 0 Å². The Morgan fingerprint density at radius 1 is 1.14 bits per heavy atom. The standard InChI is InChI=1S/C16H19N3OS/c17-18-16(20)15-6-5-14(21-15)11-19-9-7-12-3-1-2-4-13(12)8-10-19/h1-6H,7-11,17H2,(H,18,20). The second-order valence-corrected chi connectivity index (χ2v) is 6.45. The lowest BCUT2D eigenvalue weighted by Crippen LogP contribution is -2.29. The fraction of sp³-hybridized carbons (Fsp3) is 0.312. The van der Waals surface area contributed by atoms with Crippen molar-refractivity contribution in [3.8, 4) is 0 Å². The van der Waals surface area contributed by atoms with Crippen molar-refractivity contribution in [1.29, 1.82) is 0 Å². The molecule has 0 atom stereocenters. The van der Waals surface area contributed by atoms with Crippen LogP contribution in [-0.4, -0.2) is 23.9 Å². The second-order valence-electron chi connectivity index (χ2n) is 5.28. The number of amides is 1. The molecule has 0 bridgehead atoms. The van der Waals surface area contributed by atoms with Gasteiger partial charge in [0, 0.05) is 24.5 Å². The molecular weight excluding hydrogens is 282 g/mol. The molecule has 5 heteroatoms. The van der Waals surface area contributed by atoms with Gasteiger partial charge in [0.2, 0.25) is 0 Å². The Kier molecular flexibility index (Phi) is 4.34. The highest BCUT2D eigenvalue weighted by molar-refractivity contribution is 7.14. The number of nitrogens with one attached hydrogen (secondary N) is 1. The van der Waals surface area contributed by atoms with E-state index in [9.17, 15) is 4.79 Å². The first-order chi connectivity index (χ1) is 10.3. The molecule has 3 rings (SSSR count). The van der Waals surface area contributed by atoms with Crippen LogP contribution in [0.4, 0.5) is 0 Å². The first kappa shape index (κ1) is 14.3. The first-order valence-electron chi connectivity index (χ1n) is 7.15. The van der Waals surface area contributed by atoms with Crippen LogP contribution in [0.15, 0.2) is 36.4 Å². The van der Waals surface area contributed by atoms with Crippen molar-refractivity contribution in [3.05, 3.63) is 57.3 Å². The average Bonchev–Trinajstić information content (AvgIpc) is 2.88. The molecule has 0 unspecified atom stereocenters. The number of nitrogens with zero attached hydrogens (tertiary/aromatic N) is 1. The van der Waals surface area contributed by atoms with Crippen LogP contribution < -0.4 is 11.3 Å². The molecule has 4 nitrogen and oxygen atoms in total. The fourth-order valence-electron chi connectivity index (χ4n) is 2.75. The van der Waals surface area contributed by atoms with Crippen LogP contribution >= 0.6 is 11.3 Å². The Labute approximate surface area is 128 Å². The van der Waals surface area contributed by atoms with Crippen molar-refractivity contribution >= 4 is 17.2 Å². The normalized spacial score (nSPS) is 15.3. The van der Waals surface area contributed by atoms with Crippen LogP contribution in [-0.2, 0) is 19.4 Å². The summed E-state index contributed by atoms with van der Waals surface area (Å²) in [7, 11) is 0. The molecule has 0 radical (unpaired) electrons. The van der Waals surface area contributed by atoms with Gasteiger partial charge in [-0.05, 0) is 36.1 Å². The van der Waals surface area contributed by atoms with Crippen molar-refractivity contribution in [2.45, 2.75) is 19.4 Å². The molecule has 110 valence electrons. The highest BCUT2D eigenvalue weighted by Crippen LogP contribution is 2.21. The number of nitrogens with two attached hydrogens (primary N) is 1. The van der Waals surface area contributed by atoms with E-state index in [0.717, 1.165) is 32.5 Å². The second kappa shape index (κ2) is 6.39. The number of hydrazine groups is 1. The molecule has 0 saturated heterocycles. The zero-order chi connectivity index (χ0) is 14.7. The summed E-state index contributed by atoms with van der Waals surface area (Å²) in [6.07, 6.45) is 2.19. The van der Waals surface area contributed by atoms with Gasteiger partial charge in [-0.25, -0.2) is 5.84 Å². The molecule has 0 spiro atoms. The Morgan fingerprint density at radius 2 is 1.81 bits per heavy atom. The molecule has 0 aliphatic carbocycles. The highest BCUT2D eigenvalue weighted by Gasteiger charge is 2.15. The lowest BCUT2D eigenvalue weighted by Gasteiger charge is -2.18. The summed E-state index contributed by atoms with van der Waals surface area (Å²) in [5.41, 5.74) is 5.11. The summed E-state index contributed by atoms with van der Waals surface area (Å²) in [6.45, 7) is 3.02. The lowest BCUT2D eigenvalue weighted by atomic mass is 10.0. The number of carbonyl (C=O) groups excluding carboxylic acids is 1. The fourth-order valence-corrected chi connectivity index (χ4v) is 3.70. The molecule has 21 heavy (non-hydrogen) atoms. The first-order valence-corrected chi connectivity index (χ1v) is 7.96. The van der Waals surface area contributed by atoms with E-state index in [4.69, 9.17) is 5.84 Å². The van der Waals surface area contributed by atoms with Gasteiger partial charge in [-0.3, -0.25) is 15.1 Å². The lowest BCUT2D eigenvalue weighted by molar-refractivity contribution is 0.0957. The summed E-state index contributed by atoms with van der Waals surface area (Å²) in [5.74, 6) is 4.95. The van der Waals surface area contributed by atoms with Crippen molar-refractivity contribution in [1.82, 2.24) is 10.3 Å². The number of thiophene rings is 1. The molecule has 1 aliphatic heterocycles. The number of nitrogen functional groups attached to an aromatic ring is 1. The third kappa shape index (κ3) is 3.32. The van der Waals surface area contributed by atoms with E-state index in [2.05, 4.69) is 34.6 Å². The van der Waals surface area contributed by atoms with Gasteiger partial charge in [-0.1, -0.05) is 24.3 Å². The van der Waals surface area contributed by atoms with Crippen molar-refractivity contribution in [2.24, 2.45) is 5.84 Å². The molecule has 2 heterocycles. The predicted molar refractivity (Wildman–Crippen MR) is 85.1 cm³/mol. The van der Waals surface area contributed by atoms with Gasteiger partial charge >= 0.3 is 0 Å². The third-order valence-electron chi connectivity index (χ3n) is 3.91. The van der Waals surface area contributed by atoms with Gasteiger partial charge in [-0.15, -0.1) is 11.3 Å². The minimum atomic E-state index is -0.213. The number of rotatable bonds is 3. The van der Waals surface area contributed by atoms with Crippen LogP contribution in [0.5, 0.6) is 0 Å². The van der Waals surface area contributed by atoms with Gasteiger partial charge in [0.25, 0.3) is 5.91 Å². The largest absolute Gasteiger partial charge is 0.298 e. The Bertz CT molecular complexity index is 611. The van der Waals surface area contributed by atoms with Gasteiger partial charge in [-0.2, -0.15) is 0 Å². The maximum atomic E-state index is 11.5. The van der Waals surface area contributed by atoms with E-state index >= 15 is 0 Å². The van der Waals surface area contributed by atoms with E-state index in [0.29, 0.717) is 4.88 Å². The number of hydrogen-bond donors (Lipinski definition) is 2. The van der Waals surface area contributed by atoms with E-state index < -0.39 is 0 Å². The Morgan fingerprint density at radius 3 is 2.43 bits per heavy atom. The molecule has 1 aliphatic rings. The quantitative estimate of drug-likeness (QED) is 0.517. The van der Waals surface area contributed by atoms with E-state index in [1.165, 1.54) is 27.3 Å². The molecule has 0 fully saturated rings. The van der Waals surface area contributed by atoms with Gasteiger partial charge < -0.3 is 0 Å². The minimum Gasteiger partial charge on any atom is -0.298 e. The molecular formula is C16H19N3OS. The monoisotopic (exact) mass is 301 g/mol. The van der Waals surface area contributed by atoms with Crippen LogP contribution in [0.25, 0.3) is 0 Å². The highest BCUT2D eigenvalue weighted by atomic mass is 32.1. The summed E-state index contributed by atoms with van der Waals surface area (Å²) in [5, 5.41) is 0. The number of benzene rings is 1. The Balaban J connectivity index is 1.64. The number of carbonyl (C=O) groups is 1. The van der Waals surface area contributed by atoms with Crippen molar-refractivity contribution < 1.29 is 4.79 Å². The van der Waals surface area contributed by atoms with Crippen LogP contribution in [0.1, 0.15) is 25.7 Å². The SMILES string of the molecule is NNC(=O)c1ccc(CN2CCc3ccccc3CC2)s1. The smallest absolute Gasteiger partial charge is 0.275 e. The molecule has 1 amide bonds. The summed E-state index contributed by atoms with van der Waals surface area (Å²) < 4.78 is 0. The number of fused-ring (bicyclic) bond motifs is 1. The van der Waals surface area contributed by atoms with Crippen molar-refractivity contribution in [3.63, 3.8) is 0 Å². The van der Waals surface area contributed by atoms with Gasteiger partial charge in [0.1, 0.15) is 0 Å². The maximum absolute atomic E-state index is 11.5. The molecule has 1 aromatic heterocycles. The van der Waals surface area contributed by atoms with Crippen LogP contribution in [0.2, 0.25) is 0 Å². The molecule has 1 aromatic carbocycles. The Hall–Kier alpha value is -1.69. The third-order valence-corrected chi connectivity index (χ3v) is 4.98. The summed E-state index contributed by atoms with van der Waals surface area (Å²) in [6, 6.07) is 12.6. The summed E-state index contributed by atoms with van der Waals surface area (Å²) in [4.78, 5) is 15.8. The maximum Gasteiger partial charge on any atom is 0.275 e. The van der Waals surface area contributed by atoms with Gasteiger partial charge in [0.05, 0.1) is 4.88 Å². The zero-order valence-electron chi connectivity index (χ0n) is 11.8.